The van der Waals surface area contributed by atoms with Gasteiger partial charge in [0.25, 0.3) is 0 Å². The van der Waals surface area contributed by atoms with Gasteiger partial charge in [0, 0.05) is 4.91 Å². The number of hydrogen-bond acceptors (Lipinski definition) is 2. The summed E-state index contributed by atoms with van der Waals surface area (Å²) < 4.78 is 19.2. The van der Waals surface area contributed by atoms with Gasteiger partial charge in [-0.1, -0.05) is 35.4 Å². The summed E-state index contributed by atoms with van der Waals surface area (Å²) in [4.78, 5) is 3.04. The molecule has 0 unspecified atom stereocenters. The fourth-order valence-corrected chi connectivity index (χ4v) is 3.59. The molecule has 0 radical (unpaired) electrons. The Morgan fingerprint density at radius 2 is 1.96 bits per heavy atom. The van der Waals surface area contributed by atoms with E-state index in [0.717, 1.165) is 30.6 Å². The van der Waals surface area contributed by atoms with Crippen LogP contribution in [-0.2, 0) is 11.2 Å². The zero-order valence-corrected chi connectivity index (χ0v) is 12.5. The molecule has 5 heteroatoms. The molecule has 4 rings (SSSR count). The van der Waals surface area contributed by atoms with Crippen LogP contribution in [0.15, 0.2) is 47.6 Å². The van der Waals surface area contributed by atoms with Gasteiger partial charge in [0.2, 0.25) is 0 Å². The molecule has 0 N–H and O–H groups in total. The van der Waals surface area contributed by atoms with Gasteiger partial charge in [0.1, 0.15) is 5.82 Å². The van der Waals surface area contributed by atoms with Crippen LogP contribution in [0.3, 0.4) is 0 Å². The van der Waals surface area contributed by atoms with Crippen molar-refractivity contribution >= 4 is 0 Å². The number of azide groups is 1. The van der Waals surface area contributed by atoms with Gasteiger partial charge in [0.15, 0.2) is 0 Å². The molecule has 4 nitrogen and oxygen atoms in total. The second kappa shape index (κ2) is 5.69. The normalized spacial score (nSPS) is 24.8. The van der Waals surface area contributed by atoms with Crippen molar-refractivity contribution in [2.45, 2.75) is 30.9 Å². The summed E-state index contributed by atoms with van der Waals surface area (Å²) in [7, 11) is 0. The summed E-state index contributed by atoms with van der Waals surface area (Å²) in [6.45, 7) is 0.748. The van der Waals surface area contributed by atoms with Crippen molar-refractivity contribution in [3.63, 3.8) is 0 Å². The zero-order chi connectivity index (χ0) is 15.8. The van der Waals surface area contributed by atoms with Crippen LogP contribution in [0.5, 0.6) is 0 Å². The van der Waals surface area contributed by atoms with E-state index in [1.807, 2.05) is 12.1 Å². The lowest BCUT2D eigenvalue weighted by Gasteiger charge is -2.24. The topological polar surface area (TPSA) is 61.3 Å². The third kappa shape index (κ3) is 2.69. The van der Waals surface area contributed by atoms with Crippen LogP contribution >= 0.6 is 0 Å². The number of benzene rings is 2. The average molecular weight is 309 g/mol. The van der Waals surface area contributed by atoms with E-state index in [0.29, 0.717) is 0 Å². The average Bonchev–Trinajstić information content (AvgIpc) is 3.38. The fourth-order valence-electron chi connectivity index (χ4n) is 3.59. The number of ether oxygens (including phenoxy) is 1. The third-order valence-corrected chi connectivity index (χ3v) is 4.74. The van der Waals surface area contributed by atoms with Crippen LogP contribution in [0.25, 0.3) is 10.4 Å². The number of nitrogens with zero attached hydrogens (tertiary/aromatic N) is 3. The van der Waals surface area contributed by atoms with Crippen molar-refractivity contribution in [1.82, 2.24) is 0 Å². The van der Waals surface area contributed by atoms with Crippen molar-refractivity contribution in [2.24, 2.45) is 5.11 Å². The highest BCUT2D eigenvalue weighted by Crippen LogP contribution is 2.45. The molecule has 0 amide bonds. The van der Waals surface area contributed by atoms with Crippen molar-refractivity contribution in [1.29, 1.82) is 0 Å². The van der Waals surface area contributed by atoms with Crippen LogP contribution in [0.1, 0.15) is 40.6 Å². The molecule has 0 spiro atoms. The monoisotopic (exact) mass is 309 g/mol. The van der Waals surface area contributed by atoms with E-state index in [9.17, 15) is 4.39 Å². The smallest absolute Gasteiger partial charge is 0.123 e. The molecule has 1 fully saturated rings. The molecule has 0 bridgehead atoms. The van der Waals surface area contributed by atoms with E-state index in [4.69, 9.17) is 10.3 Å². The third-order valence-electron chi connectivity index (χ3n) is 4.74. The lowest BCUT2D eigenvalue weighted by atomic mass is 9.84. The van der Waals surface area contributed by atoms with Gasteiger partial charge in [0.05, 0.1) is 18.8 Å². The Kier molecular flexibility index (Phi) is 3.52. The van der Waals surface area contributed by atoms with Gasteiger partial charge < -0.3 is 4.74 Å². The first-order valence-electron chi connectivity index (χ1n) is 7.78. The molecule has 1 heterocycles. The molecular formula is C18H16FN3O. The molecule has 3 atom stereocenters. The van der Waals surface area contributed by atoms with Crippen molar-refractivity contribution in [2.75, 3.05) is 6.61 Å². The Morgan fingerprint density at radius 1 is 1.17 bits per heavy atom. The highest BCUT2D eigenvalue weighted by atomic mass is 19.1. The minimum Gasteiger partial charge on any atom is -0.373 e. The predicted octanol–water partition coefficient (Wildman–Crippen LogP) is 4.65. The number of hydrogen-bond donors (Lipinski definition) is 0. The number of halogens is 1. The Morgan fingerprint density at radius 3 is 2.74 bits per heavy atom. The Balaban J connectivity index is 1.91. The quantitative estimate of drug-likeness (QED) is 0.352. The summed E-state index contributed by atoms with van der Waals surface area (Å²) in [5, 5.41) is 4.05. The molecule has 2 aromatic rings. The van der Waals surface area contributed by atoms with Crippen molar-refractivity contribution in [3.05, 3.63) is 81.0 Å². The molecule has 116 valence electrons. The van der Waals surface area contributed by atoms with Crippen LogP contribution in [-0.4, -0.2) is 12.7 Å². The Labute approximate surface area is 133 Å². The van der Waals surface area contributed by atoms with Gasteiger partial charge in [-0.15, -0.1) is 0 Å². The van der Waals surface area contributed by atoms with Gasteiger partial charge in [-0.05, 0) is 58.7 Å². The summed E-state index contributed by atoms with van der Waals surface area (Å²) in [6.07, 6.45) is 1.72. The van der Waals surface area contributed by atoms with Gasteiger partial charge in [-0.2, -0.15) is 0 Å². The largest absolute Gasteiger partial charge is 0.373 e. The number of epoxide rings is 1. The predicted molar refractivity (Wildman–Crippen MR) is 84.6 cm³/mol. The minimum absolute atomic E-state index is 0.0117. The van der Waals surface area contributed by atoms with E-state index in [2.05, 4.69) is 22.2 Å². The minimum atomic E-state index is -0.404. The van der Waals surface area contributed by atoms with E-state index >= 15 is 0 Å². The summed E-state index contributed by atoms with van der Waals surface area (Å²) in [5.41, 5.74) is 13.3. The number of fused-ring (bicyclic) bond motifs is 2. The fraction of sp³-hybridized carbons (Fsp3) is 0.333. The van der Waals surface area contributed by atoms with E-state index < -0.39 is 6.04 Å². The second-order valence-electron chi connectivity index (χ2n) is 6.17. The Bertz CT molecular complexity index is 797. The van der Waals surface area contributed by atoms with Crippen molar-refractivity contribution < 1.29 is 9.13 Å². The maximum absolute atomic E-state index is 13.8. The molecule has 1 aliphatic heterocycles. The lowest BCUT2D eigenvalue weighted by molar-refractivity contribution is 0.365. The first-order valence-corrected chi connectivity index (χ1v) is 7.78. The first-order chi connectivity index (χ1) is 11.3. The van der Waals surface area contributed by atoms with Crippen molar-refractivity contribution in [3.8, 4) is 0 Å². The first kappa shape index (κ1) is 14.2. The van der Waals surface area contributed by atoms with Crippen LogP contribution < -0.4 is 0 Å². The summed E-state index contributed by atoms with van der Waals surface area (Å²) in [6, 6.07) is 12.6. The van der Waals surface area contributed by atoms with Crippen LogP contribution in [0, 0.1) is 5.82 Å². The van der Waals surface area contributed by atoms with Gasteiger partial charge in [-0.3, -0.25) is 0 Å². The Hall–Kier alpha value is -2.36. The van der Waals surface area contributed by atoms with E-state index in [-0.39, 0.29) is 17.8 Å². The molecule has 1 aliphatic carbocycles. The molecule has 2 aromatic carbocycles. The van der Waals surface area contributed by atoms with Crippen LogP contribution in [0.2, 0.25) is 0 Å². The summed E-state index contributed by atoms with van der Waals surface area (Å²) >= 11 is 0. The maximum Gasteiger partial charge on any atom is 0.123 e. The zero-order valence-electron chi connectivity index (χ0n) is 12.5. The molecular weight excluding hydrogens is 293 g/mol. The summed E-state index contributed by atoms with van der Waals surface area (Å²) in [5.74, 6) is -0.285. The second-order valence-corrected chi connectivity index (χ2v) is 6.17. The standard InChI is InChI=1S/C18H16FN3O/c19-13-6-5-12-7-11-3-1-2-4-15(11)17(9-14-10-23-14)18(21-22-20)16(12)8-13/h1-6,8,14,17-18H,7,9-10H2/t14-,17+,18-/m0/s1. The van der Waals surface area contributed by atoms with Gasteiger partial charge in [-0.25, -0.2) is 4.39 Å². The van der Waals surface area contributed by atoms with E-state index in [1.165, 1.54) is 23.3 Å². The molecule has 1 saturated heterocycles. The maximum atomic E-state index is 13.8. The lowest BCUT2D eigenvalue weighted by Crippen LogP contribution is -2.12. The SMILES string of the molecule is [N-]=[N+]=N[C@H]1c2cc(F)ccc2Cc2ccccc2[C@H]1C[C@H]1CO1. The molecule has 2 aliphatic rings. The van der Waals surface area contributed by atoms with E-state index in [1.54, 1.807) is 6.07 Å². The highest BCUT2D eigenvalue weighted by molar-refractivity contribution is 5.45. The molecule has 0 aromatic heterocycles. The molecule has 0 saturated carbocycles. The van der Waals surface area contributed by atoms with Crippen LogP contribution in [0.4, 0.5) is 4.39 Å². The highest BCUT2D eigenvalue weighted by Gasteiger charge is 2.36. The number of rotatable bonds is 3. The van der Waals surface area contributed by atoms with Gasteiger partial charge >= 0.3 is 0 Å². The molecule has 23 heavy (non-hydrogen) atoms.